The molecule has 2 aromatic carbocycles. The molecule has 1 N–H and O–H groups in total. The number of amides is 1. The highest BCUT2D eigenvalue weighted by Crippen LogP contribution is 2.14. The first-order valence-electron chi connectivity index (χ1n) is 8.54. The van der Waals surface area contributed by atoms with Gasteiger partial charge in [-0.1, -0.05) is 31.2 Å². The van der Waals surface area contributed by atoms with E-state index in [0.717, 1.165) is 50.5 Å². The van der Waals surface area contributed by atoms with Gasteiger partial charge in [0.05, 0.1) is 13.2 Å². The monoisotopic (exact) mass is 324 g/mol. The van der Waals surface area contributed by atoms with Crippen LogP contribution in [0.5, 0.6) is 0 Å². The first-order valence-corrected chi connectivity index (χ1v) is 8.54. The molecule has 126 valence electrons. The molecule has 4 nitrogen and oxygen atoms in total. The maximum absolute atomic E-state index is 12.5. The number of hydrogen-bond acceptors (Lipinski definition) is 3. The predicted molar refractivity (Wildman–Crippen MR) is 96.3 cm³/mol. The molecule has 1 saturated heterocycles. The van der Waals surface area contributed by atoms with Crippen molar-refractivity contribution in [3.63, 3.8) is 0 Å². The average molecular weight is 324 g/mol. The fourth-order valence-corrected chi connectivity index (χ4v) is 2.86. The number of anilines is 1. The second kappa shape index (κ2) is 8.08. The molecule has 1 aliphatic heterocycles. The molecule has 1 aliphatic rings. The summed E-state index contributed by atoms with van der Waals surface area (Å²) in [7, 11) is 0. The van der Waals surface area contributed by atoms with Crippen LogP contribution in [0.15, 0.2) is 48.5 Å². The Labute approximate surface area is 143 Å². The van der Waals surface area contributed by atoms with E-state index >= 15 is 0 Å². The number of nitrogens with zero attached hydrogens (tertiary/aromatic N) is 1. The van der Waals surface area contributed by atoms with E-state index in [0.29, 0.717) is 5.56 Å². The van der Waals surface area contributed by atoms with E-state index in [4.69, 9.17) is 4.74 Å². The van der Waals surface area contributed by atoms with Gasteiger partial charge in [-0.05, 0) is 41.8 Å². The van der Waals surface area contributed by atoms with Crippen molar-refractivity contribution in [1.82, 2.24) is 4.90 Å². The lowest BCUT2D eigenvalue weighted by Gasteiger charge is -2.26. The largest absolute Gasteiger partial charge is 0.379 e. The third kappa shape index (κ3) is 4.43. The Morgan fingerprint density at radius 1 is 1.08 bits per heavy atom. The van der Waals surface area contributed by atoms with E-state index in [9.17, 15) is 4.79 Å². The molecule has 3 rings (SSSR count). The highest BCUT2D eigenvalue weighted by atomic mass is 16.5. The predicted octanol–water partition coefficient (Wildman–Crippen LogP) is 3.33. The Hall–Kier alpha value is -2.17. The van der Waals surface area contributed by atoms with E-state index in [1.807, 2.05) is 42.5 Å². The van der Waals surface area contributed by atoms with Crippen molar-refractivity contribution in [3.05, 3.63) is 65.2 Å². The van der Waals surface area contributed by atoms with Crippen LogP contribution in [-0.2, 0) is 17.7 Å². The summed E-state index contributed by atoms with van der Waals surface area (Å²) >= 11 is 0. The van der Waals surface area contributed by atoms with Gasteiger partial charge in [0, 0.05) is 30.9 Å². The van der Waals surface area contributed by atoms with Gasteiger partial charge in [-0.25, -0.2) is 0 Å². The van der Waals surface area contributed by atoms with Crippen molar-refractivity contribution in [1.29, 1.82) is 0 Å². The van der Waals surface area contributed by atoms with Crippen LogP contribution in [0.3, 0.4) is 0 Å². The number of carbonyl (C=O) groups excluding carboxylic acids is 1. The van der Waals surface area contributed by atoms with Gasteiger partial charge >= 0.3 is 0 Å². The summed E-state index contributed by atoms with van der Waals surface area (Å²) in [6, 6.07) is 15.9. The first kappa shape index (κ1) is 16.7. The van der Waals surface area contributed by atoms with Gasteiger partial charge in [0.25, 0.3) is 5.91 Å². The van der Waals surface area contributed by atoms with Crippen molar-refractivity contribution in [2.45, 2.75) is 19.9 Å². The third-order valence-electron chi connectivity index (χ3n) is 4.32. The van der Waals surface area contributed by atoms with Crippen LogP contribution in [0, 0.1) is 0 Å². The van der Waals surface area contributed by atoms with E-state index in [1.165, 1.54) is 5.56 Å². The Kier molecular flexibility index (Phi) is 5.62. The topological polar surface area (TPSA) is 41.6 Å². The van der Waals surface area contributed by atoms with Crippen molar-refractivity contribution in [2.75, 3.05) is 31.6 Å². The lowest BCUT2D eigenvalue weighted by molar-refractivity contribution is 0.0342. The number of carbonyl (C=O) groups is 1. The van der Waals surface area contributed by atoms with Crippen LogP contribution in [-0.4, -0.2) is 37.1 Å². The maximum Gasteiger partial charge on any atom is 0.255 e. The minimum absolute atomic E-state index is 0.0666. The summed E-state index contributed by atoms with van der Waals surface area (Å²) < 4.78 is 5.38. The highest BCUT2D eigenvalue weighted by molar-refractivity contribution is 6.04. The highest BCUT2D eigenvalue weighted by Gasteiger charge is 2.12. The molecule has 4 heteroatoms. The zero-order valence-electron chi connectivity index (χ0n) is 14.1. The van der Waals surface area contributed by atoms with E-state index < -0.39 is 0 Å². The molecule has 1 heterocycles. The number of hydrogen-bond donors (Lipinski definition) is 1. The lowest BCUT2D eigenvalue weighted by Crippen LogP contribution is -2.35. The summed E-state index contributed by atoms with van der Waals surface area (Å²) in [6.45, 7) is 6.44. The second-order valence-electron chi connectivity index (χ2n) is 6.09. The van der Waals surface area contributed by atoms with Crippen molar-refractivity contribution in [2.24, 2.45) is 0 Å². The molecule has 0 radical (unpaired) electrons. The summed E-state index contributed by atoms with van der Waals surface area (Å²) in [6.07, 6.45) is 0.998. The standard InChI is InChI=1S/C20H24N2O2/c1-2-16-6-8-19(9-7-16)21-20(23)18-5-3-4-17(14-18)15-22-10-12-24-13-11-22/h3-9,14H,2,10-13,15H2,1H3,(H,21,23). The number of aryl methyl sites for hydroxylation is 1. The molecule has 1 fully saturated rings. The van der Waals surface area contributed by atoms with Crippen molar-refractivity contribution in [3.8, 4) is 0 Å². The maximum atomic E-state index is 12.5. The molecule has 0 atom stereocenters. The van der Waals surface area contributed by atoms with Crippen LogP contribution < -0.4 is 5.32 Å². The van der Waals surface area contributed by atoms with Gasteiger partial charge in [0.15, 0.2) is 0 Å². The van der Waals surface area contributed by atoms with Crippen LogP contribution in [0.25, 0.3) is 0 Å². The summed E-state index contributed by atoms with van der Waals surface area (Å²) in [5.74, 6) is -0.0666. The molecule has 0 aliphatic carbocycles. The number of nitrogens with one attached hydrogen (secondary N) is 1. The van der Waals surface area contributed by atoms with Gasteiger partial charge < -0.3 is 10.1 Å². The van der Waals surface area contributed by atoms with E-state index in [2.05, 4.69) is 23.2 Å². The Balaban J connectivity index is 1.64. The number of rotatable bonds is 5. The van der Waals surface area contributed by atoms with E-state index in [-0.39, 0.29) is 5.91 Å². The Morgan fingerprint density at radius 2 is 1.83 bits per heavy atom. The molecule has 0 saturated carbocycles. The third-order valence-corrected chi connectivity index (χ3v) is 4.32. The van der Waals surface area contributed by atoms with Gasteiger partial charge in [-0.15, -0.1) is 0 Å². The summed E-state index contributed by atoms with van der Waals surface area (Å²) in [5, 5.41) is 2.97. The minimum atomic E-state index is -0.0666. The van der Waals surface area contributed by atoms with Crippen molar-refractivity contribution < 1.29 is 9.53 Å². The quantitative estimate of drug-likeness (QED) is 0.917. The average Bonchev–Trinajstić information content (AvgIpc) is 2.63. The van der Waals surface area contributed by atoms with Gasteiger partial charge in [-0.2, -0.15) is 0 Å². The number of morpholine rings is 1. The minimum Gasteiger partial charge on any atom is -0.379 e. The first-order chi connectivity index (χ1) is 11.7. The van der Waals surface area contributed by atoms with Gasteiger partial charge in [-0.3, -0.25) is 9.69 Å². The summed E-state index contributed by atoms with van der Waals surface area (Å²) in [5.41, 5.74) is 3.95. The zero-order valence-corrected chi connectivity index (χ0v) is 14.1. The fraction of sp³-hybridized carbons (Fsp3) is 0.350. The lowest BCUT2D eigenvalue weighted by atomic mass is 10.1. The number of ether oxygens (including phenoxy) is 1. The van der Waals surface area contributed by atoms with Crippen LogP contribution in [0.4, 0.5) is 5.69 Å². The molecule has 0 spiro atoms. The smallest absolute Gasteiger partial charge is 0.255 e. The SMILES string of the molecule is CCc1ccc(NC(=O)c2cccc(CN3CCOCC3)c2)cc1. The molecular formula is C20H24N2O2. The van der Waals surface area contributed by atoms with Crippen LogP contribution in [0.1, 0.15) is 28.4 Å². The van der Waals surface area contributed by atoms with Crippen LogP contribution in [0.2, 0.25) is 0 Å². The van der Waals surface area contributed by atoms with Gasteiger partial charge in [0.1, 0.15) is 0 Å². The van der Waals surface area contributed by atoms with Crippen molar-refractivity contribution >= 4 is 11.6 Å². The molecule has 1 amide bonds. The van der Waals surface area contributed by atoms with Gasteiger partial charge in [0.2, 0.25) is 0 Å². The molecule has 2 aromatic rings. The molecule has 0 unspecified atom stereocenters. The summed E-state index contributed by atoms with van der Waals surface area (Å²) in [4.78, 5) is 14.8. The zero-order chi connectivity index (χ0) is 16.8. The normalized spacial score (nSPS) is 15.2. The Morgan fingerprint density at radius 3 is 2.54 bits per heavy atom. The molecular weight excluding hydrogens is 300 g/mol. The molecule has 0 aromatic heterocycles. The second-order valence-corrected chi connectivity index (χ2v) is 6.09. The molecule has 24 heavy (non-hydrogen) atoms. The fourth-order valence-electron chi connectivity index (χ4n) is 2.86. The molecule has 0 bridgehead atoms. The number of benzene rings is 2. The van der Waals surface area contributed by atoms with Crippen LogP contribution >= 0.6 is 0 Å². The van der Waals surface area contributed by atoms with E-state index in [1.54, 1.807) is 0 Å². The Bertz CT molecular complexity index is 676.